The van der Waals surface area contributed by atoms with Crippen molar-refractivity contribution in [1.82, 2.24) is 0 Å². The van der Waals surface area contributed by atoms with Crippen LogP contribution in [0.15, 0.2) is 46.4 Å². The van der Waals surface area contributed by atoms with Crippen LogP contribution in [0.5, 0.6) is 5.75 Å². The number of hydrogen-bond acceptors (Lipinski definition) is 4. The number of aryl methyl sites for hydroxylation is 2. The SMILES string of the molecule is Cc1cc(OC(=O)N=[N+]=[N-])c2ccc3c(S(=O)(=O)O)cc(C)c4ccc1c2c43. The Bertz CT molecular complexity index is 1450. The highest BCUT2D eigenvalue weighted by Crippen LogP contribution is 2.43. The zero-order chi connectivity index (χ0) is 20.2. The third-order valence-electron chi connectivity index (χ3n) is 4.84. The second kappa shape index (κ2) is 6.07. The number of hydrogen-bond donors (Lipinski definition) is 1. The van der Waals surface area contributed by atoms with Gasteiger partial charge in [0.05, 0.1) is 0 Å². The standard InChI is InChI=1S/C19H13N3O5S/c1-9-7-15(27-19(23)21-22-20)13-5-6-14-16(28(24,25)26)8-10(2)12-4-3-11(9)17(13)18(12)14/h3-8H,1-2H3,(H,24,25,26). The van der Waals surface area contributed by atoms with Crippen LogP contribution in [0.25, 0.3) is 42.8 Å². The molecule has 0 atom stereocenters. The molecule has 0 spiro atoms. The Morgan fingerprint density at radius 3 is 2.14 bits per heavy atom. The minimum absolute atomic E-state index is 0.180. The van der Waals surface area contributed by atoms with E-state index in [-0.39, 0.29) is 10.6 Å². The third-order valence-corrected chi connectivity index (χ3v) is 5.73. The molecular weight excluding hydrogens is 382 g/mol. The lowest BCUT2D eigenvalue weighted by atomic mass is 9.90. The lowest BCUT2D eigenvalue weighted by molar-refractivity contribution is 0.211. The molecule has 0 fully saturated rings. The van der Waals surface area contributed by atoms with E-state index in [0.717, 1.165) is 16.3 Å². The minimum atomic E-state index is -4.44. The summed E-state index contributed by atoms with van der Waals surface area (Å²) in [5.41, 5.74) is 9.89. The van der Waals surface area contributed by atoms with Crippen LogP contribution in [-0.4, -0.2) is 19.1 Å². The normalized spacial score (nSPS) is 11.8. The van der Waals surface area contributed by atoms with Gasteiger partial charge >= 0.3 is 6.09 Å². The average molecular weight is 395 g/mol. The number of azide groups is 1. The first-order valence-corrected chi connectivity index (χ1v) is 9.62. The van der Waals surface area contributed by atoms with Crippen molar-refractivity contribution in [3.63, 3.8) is 0 Å². The molecule has 4 aromatic carbocycles. The molecule has 1 amide bonds. The van der Waals surface area contributed by atoms with Gasteiger partial charge in [-0.2, -0.15) is 8.42 Å². The molecule has 0 aliphatic heterocycles. The lowest BCUT2D eigenvalue weighted by Crippen LogP contribution is -2.03. The van der Waals surface area contributed by atoms with Crippen LogP contribution in [0.3, 0.4) is 0 Å². The van der Waals surface area contributed by atoms with Crippen molar-refractivity contribution in [2.24, 2.45) is 5.11 Å². The summed E-state index contributed by atoms with van der Waals surface area (Å²) in [5.74, 6) is 0.201. The van der Waals surface area contributed by atoms with Crippen LogP contribution in [0.1, 0.15) is 11.1 Å². The number of amides is 1. The van der Waals surface area contributed by atoms with E-state index in [2.05, 4.69) is 10.0 Å². The van der Waals surface area contributed by atoms with Crippen molar-refractivity contribution in [1.29, 1.82) is 0 Å². The van der Waals surface area contributed by atoms with E-state index in [1.807, 2.05) is 19.1 Å². The molecule has 4 rings (SSSR count). The Kier molecular flexibility index (Phi) is 3.90. The molecule has 9 heteroatoms. The number of ether oxygens (including phenoxy) is 1. The molecule has 0 aliphatic carbocycles. The molecule has 1 N–H and O–H groups in total. The summed E-state index contributed by atoms with van der Waals surface area (Å²) in [6.45, 7) is 3.59. The fraction of sp³-hybridized carbons (Fsp3) is 0.105. The van der Waals surface area contributed by atoms with Gasteiger partial charge in [-0.25, -0.2) is 4.79 Å². The summed E-state index contributed by atoms with van der Waals surface area (Å²) in [5, 5.41) is 6.88. The molecule has 0 aromatic heterocycles. The van der Waals surface area contributed by atoms with Crippen LogP contribution in [0.4, 0.5) is 4.79 Å². The van der Waals surface area contributed by atoms with Crippen molar-refractivity contribution in [3.8, 4) is 5.75 Å². The highest BCUT2D eigenvalue weighted by molar-refractivity contribution is 7.86. The molecule has 0 aliphatic rings. The maximum absolute atomic E-state index is 11.9. The topological polar surface area (TPSA) is 129 Å². The van der Waals surface area contributed by atoms with Crippen molar-refractivity contribution < 1.29 is 22.5 Å². The van der Waals surface area contributed by atoms with E-state index in [0.29, 0.717) is 27.1 Å². The Morgan fingerprint density at radius 1 is 1.00 bits per heavy atom. The number of carbonyl (C=O) groups is 1. The minimum Gasteiger partial charge on any atom is -0.421 e. The molecule has 0 heterocycles. The van der Waals surface area contributed by atoms with Crippen LogP contribution in [0.2, 0.25) is 0 Å². The molecule has 140 valence electrons. The summed E-state index contributed by atoms with van der Waals surface area (Å²) >= 11 is 0. The van der Waals surface area contributed by atoms with E-state index in [4.69, 9.17) is 10.3 Å². The highest BCUT2D eigenvalue weighted by atomic mass is 32.2. The van der Waals surface area contributed by atoms with Crippen molar-refractivity contribution in [2.75, 3.05) is 0 Å². The van der Waals surface area contributed by atoms with E-state index in [1.165, 1.54) is 6.07 Å². The fourth-order valence-corrected chi connectivity index (χ4v) is 4.49. The zero-order valence-electron chi connectivity index (χ0n) is 14.8. The quantitative estimate of drug-likeness (QED) is 0.163. The van der Waals surface area contributed by atoms with Crippen LogP contribution in [-0.2, 0) is 10.1 Å². The third kappa shape index (κ3) is 2.61. The van der Waals surface area contributed by atoms with Gasteiger partial charge in [-0.1, -0.05) is 18.2 Å². The summed E-state index contributed by atoms with van der Waals surface area (Å²) in [4.78, 5) is 13.9. The van der Waals surface area contributed by atoms with Gasteiger partial charge in [0.25, 0.3) is 10.1 Å². The molecule has 0 bridgehead atoms. The Labute approximate surface area is 159 Å². The van der Waals surface area contributed by atoms with Gasteiger partial charge in [0, 0.05) is 26.2 Å². The van der Waals surface area contributed by atoms with E-state index in [1.54, 1.807) is 25.1 Å². The molecular formula is C19H13N3O5S. The van der Waals surface area contributed by atoms with E-state index < -0.39 is 16.2 Å². The first kappa shape index (κ1) is 18.0. The Hall–Kier alpha value is -3.39. The number of rotatable bonds is 2. The van der Waals surface area contributed by atoms with Crippen LogP contribution >= 0.6 is 0 Å². The number of benzene rings is 4. The van der Waals surface area contributed by atoms with Crippen LogP contribution < -0.4 is 4.74 Å². The second-order valence-corrected chi connectivity index (χ2v) is 7.88. The first-order valence-electron chi connectivity index (χ1n) is 8.18. The van der Waals surface area contributed by atoms with Gasteiger partial charge in [-0.3, -0.25) is 4.55 Å². The van der Waals surface area contributed by atoms with Gasteiger partial charge in [0.2, 0.25) is 0 Å². The van der Waals surface area contributed by atoms with Crippen LogP contribution in [0, 0.1) is 13.8 Å². The zero-order valence-corrected chi connectivity index (χ0v) is 15.6. The lowest BCUT2D eigenvalue weighted by Gasteiger charge is -2.17. The van der Waals surface area contributed by atoms with E-state index in [9.17, 15) is 17.8 Å². The maximum Gasteiger partial charge on any atom is 0.402 e. The van der Waals surface area contributed by atoms with Gasteiger partial charge < -0.3 is 4.74 Å². The average Bonchev–Trinajstić information content (AvgIpc) is 2.62. The molecule has 0 saturated carbocycles. The Balaban J connectivity index is 2.22. The molecule has 28 heavy (non-hydrogen) atoms. The summed E-state index contributed by atoms with van der Waals surface area (Å²) < 4.78 is 38.7. The number of nitrogens with zero attached hydrogens (tertiary/aromatic N) is 3. The highest BCUT2D eigenvalue weighted by Gasteiger charge is 2.21. The second-order valence-electron chi connectivity index (χ2n) is 6.49. The molecule has 0 unspecified atom stereocenters. The fourth-order valence-electron chi connectivity index (χ4n) is 3.72. The van der Waals surface area contributed by atoms with Gasteiger partial charge in [0.1, 0.15) is 10.6 Å². The molecule has 8 nitrogen and oxygen atoms in total. The van der Waals surface area contributed by atoms with Gasteiger partial charge in [-0.15, -0.1) is 0 Å². The molecule has 4 aromatic rings. The summed E-state index contributed by atoms with van der Waals surface area (Å²) in [6, 6.07) is 10.1. The monoisotopic (exact) mass is 395 g/mol. The van der Waals surface area contributed by atoms with Gasteiger partial charge in [-0.05, 0) is 64.9 Å². The summed E-state index contributed by atoms with van der Waals surface area (Å²) in [6.07, 6.45) is -1.09. The number of carbonyl (C=O) groups excluding carboxylic acids is 1. The predicted octanol–water partition coefficient (Wildman–Crippen LogP) is 5.26. The van der Waals surface area contributed by atoms with Gasteiger partial charge in [0.15, 0.2) is 0 Å². The maximum atomic E-state index is 11.9. The molecule has 0 radical (unpaired) electrons. The first-order chi connectivity index (χ1) is 13.2. The smallest absolute Gasteiger partial charge is 0.402 e. The van der Waals surface area contributed by atoms with Crippen molar-refractivity contribution >= 4 is 48.5 Å². The Morgan fingerprint density at radius 2 is 1.54 bits per heavy atom. The predicted molar refractivity (Wildman–Crippen MR) is 105 cm³/mol. The van der Waals surface area contributed by atoms with Crippen molar-refractivity contribution in [3.05, 3.63) is 58.0 Å². The van der Waals surface area contributed by atoms with E-state index >= 15 is 0 Å². The molecule has 0 saturated heterocycles. The van der Waals surface area contributed by atoms with Crippen molar-refractivity contribution in [2.45, 2.75) is 18.7 Å². The largest absolute Gasteiger partial charge is 0.421 e. The summed E-state index contributed by atoms with van der Waals surface area (Å²) in [7, 11) is -4.44.